The van der Waals surface area contributed by atoms with Crippen LogP contribution in [0, 0.1) is 11.8 Å². The highest BCUT2D eigenvalue weighted by Crippen LogP contribution is 2.19. The number of fused-ring (bicyclic) bond motifs is 1. The van der Waals surface area contributed by atoms with E-state index >= 15 is 0 Å². The number of rotatable bonds is 13. The maximum absolute atomic E-state index is 13.0. The summed E-state index contributed by atoms with van der Waals surface area (Å²) in [5.41, 5.74) is 7.47. The van der Waals surface area contributed by atoms with Gasteiger partial charge in [-0.15, -0.1) is 0 Å². The van der Waals surface area contributed by atoms with Crippen molar-refractivity contribution in [1.82, 2.24) is 20.9 Å². The van der Waals surface area contributed by atoms with E-state index in [1.54, 1.807) is 13.1 Å². The number of H-pyrrole nitrogens is 1. The number of aromatic amines is 1. The van der Waals surface area contributed by atoms with E-state index in [1.807, 2.05) is 45.0 Å². The van der Waals surface area contributed by atoms with Gasteiger partial charge in [0.05, 0.1) is 12.6 Å². The van der Waals surface area contributed by atoms with Gasteiger partial charge in [0.25, 0.3) is 0 Å². The second-order valence-electron chi connectivity index (χ2n) is 9.35. The number of nitrogens with two attached hydrogens (primary N) is 1. The number of nitrogens with one attached hydrogen (secondary N) is 4. The molecule has 0 aliphatic heterocycles. The van der Waals surface area contributed by atoms with Crippen LogP contribution in [0.1, 0.15) is 46.1 Å². The van der Waals surface area contributed by atoms with Crippen molar-refractivity contribution in [2.45, 2.75) is 65.1 Å². The highest BCUT2D eigenvalue weighted by atomic mass is 16.4. The predicted molar refractivity (Wildman–Crippen MR) is 133 cm³/mol. The zero-order valence-corrected chi connectivity index (χ0v) is 20.8. The number of hydrogen-bond donors (Lipinski definition) is 6. The summed E-state index contributed by atoms with van der Waals surface area (Å²) in [6, 6.07) is 4.63. The topological polar surface area (TPSA) is 166 Å². The lowest BCUT2D eigenvalue weighted by atomic mass is 9.97. The first-order valence-corrected chi connectivity index (χ1v) is 11.9. The molecule has 0 bridgehead atoms. The average molecular weight is 488 g/mol. The zero-order valence-electron chi connectivity index (χ0n) is 20.8. The number of aliphatic carboxylic acids is 1. The molecule has 35 heavy (non-hydrogen) atoms. The molecule has 1 aromatic carbocycles. The summed E-state index contributed by atoms with van der Waals surface area (Å²) in [6.07, 6.45) is 2.87. The summed E-state index contributed by atoms with van der Waals surface area (Å²) in [6.45, 7) is 7.21. The lowest BCUT2D eigenvalue weighted by Gasteiger charge is -2.25. The van der Waals surface area contributed by atoms with E-state index in [4.69, 9.17) is 5.73 Å². The molecular formula is C25H37N5O5. The molecule has 4 atom stereocenters. The third-order valence-electron chi connectivity index (χ3n) is 6.01. The van der Waals surface area contributed by atoms with Gasteiger partial charge in [-0.25, -0.2) is 4.79 Å². The molecule has 3 amide bonds. The molecule has 0 saturated carbocycles. The minimum Gasteiger partial charge on any atom is -0.480 e. The van der Waals surface area contributed by atoms with Crippen molar-refractivity contribution in [1.29, 1.82) is 0 Å². The predicted octanol–water partition coefficient (Wildman–Crippen LogP) is 1.30. The van der Waals surface area contributed by atoms with E-state index in [0.717, 1.165) is 16.5 Å². The van der Waals surface area contributed by atoms with Gasteiger partial charge in [-0.2, -0.15) is 0 Å². The lowest BCUT2D eigenvalue weighted by molar-refractivity contribution is -0.142. The summed E-state index contributed by atoms with van der Waals surface area (Å²) in [4.78, 5) is 52.7. The van der Waals surface area contributed by atoms with Gasteiger partial charge in [0.2, 0.25) is 17.7 Å². The second kappa shape index (κ2) is 12.9. The normalized spacial score (nSPS) is 14.7. The van der Waals surface area contributed by atoms with Gasteiger partial charge in [0, 0.05) is 23.5 Å². The number of carbonyl (C=O) groups is 4. The van der Waals surface area contributed by atoms with Crippen molar-refractivity contribution in [2.24, 2.45) is 17.6 Å². The molecule has 0 spiro atoms. The van der Waals surface area contributed by atoms with Crippen molar-refractivity contribution < 1.29 is 24.3 Å². The van der Waals surface area contributed by atoms with Gasteiger partial charge < -0.3 is 31.8 Å². The monoisotopic (exact) mass is 487 g/mol. The van der Waals surface area contributed by atoms with Crippen LogP contribution in [0.25, 0.3) is 10.9 Å². The average Bonchev–Trinajstić information content (AvgIpc) is 3.22. The number of amides is 3. The van der Waals surface area contributed by atoms with Crippen molar-refractivity contribution >= 4 is 34.6 Å². The largest absolute Gasteiger partial charge is 0.480 e. The summed E-state index contributed by atoms with van der Waals surface area (Å²) >= 11 is 0. The number of carboxylic acid groups (broad SMARTS) is 1. The molecule has 10 heteroatoms. The smallest absolute Gasteiger partial charge is 0.326 e. The molecule has 0 saturated heterocycles. The van der Waals surface area contributed by atoms with Crippen LogP contribution < -0.4 is 21.7 Å². The number of carboxylic acids is 1. The van der Waals surface area contributed by atoms with Gasteiger partial charge in [0.15, 0.2) is 0 Å². The Morgan fingerprint density at radius 3 is 2.37 bits per heavy atom. The Balaban J connectivity index is 2.04. The van der Waals surface area contributed by atoms with E-state index in [0.29, 0.717) is 12.8 Å². The SMILES string of the molecule is CCC(C)C(NC(=O)CNC(=O)C(N)CC(C)C)C(=O)NC(Cc1c[nH]c2ccccc12)C(=O)O. The van der Waals surface area contributed by atoms with E-state index in [2.05, 4.69) is 20.9 Å². The van der Waals surface area contributed by atoms with E-state index < -0.39 is 41.8 Å². The Morgan fingerprint density at radius 2 is 1.74 bits per heavy atom. The minimum atomic E-state index is -1.18. The fourth-order valence-corrected chi connectivity index (χ4v) is 3.82. The molecule has 0 aliphatic carbocycles. The third-order valence-corrected chi connectivity index (χ3v) is 6.01. The zero-order chi connectivity index (χ0) is 26.1. The molecule has 2 aromatic rings. The summed E-state index contributed by atoms with van der Waals surface area (Å²) < 4.78 is 0. The van der Waals surface area contributed by atoms with Gasteiger partial charge in [-0.05, 0) is 29.9 Å². The molecule has 4 unspecified atom stereocenters. The van der Waals surface area contributed by atoms with Gasteiger partial charge in [-0.3, -0.25) is 14.4 Å². The number of para-hydroxylation sites is 1. The van der Waals surface area contributed by atoms with Crippen LogP contribution in [0.3, 0.4) is 0 Å². The van der Waals surface area contributed by atoms with Crippen LogP contribution in [0.5, 0.6) is 0 Å². The van der Waals surface area contributed by atoms with Gasteiger partial charge in [0.1, 0.15) is 12.1 Å². The Morgan fingerprint density at radius 1 is 1.06 bits per heavy atom. The number of hydrogen-bond acceptors (Lipinski definition) is 5. The van der Waals surface area contributed by atoms with E-state index in [1.165, 1.54) is 0 Å². The second-order valence-corrected chi connectivity index (χ2v) is 9.35. The van der Waals surface area contributed by atoms with Crippen molar-refractivity contribution in [2.75, 3.05) is 6.54 Å². The molecule has 1 aromatic heterocycles. The maximum Gasteiger partial charge on any atom is 0.326 e. The Bertz CT molecular complexity index is 1030. The first kappa shape index (κ1) is 27.8. The number of carbonyl (C=O) groups excluding carboxylic acids is 3. The van der Waals surface area contributed by atoms with Crippen LogP contribution in [-0.2, 0) is 25.6 Å². The molecule has 0 aliphatic rings. The Labute approximate surface area is 205 Å². The molecule has 1 heterocycles. The molecular weight excluding hydrogens is 450 g/mol. The van der Waals surface area contributed by atoms with Crippen LogP contribution in [0.4, 0.5) is 0 Å². The quantitative estimate of drug-likeness (QED) is 0.249. The van der Waals surface area contributed by atoms with E-state index in [-0.39, 0.29) is 24.8 Å². The lowest BCUT2D eigenvalue weighted by Crippen LogP contribution is -2.56. The Kier molecular flexibility index (Phi) is 10.3. The standard InChI is InChI=1S/C25H37N5O5/c1-5-15(4)22(30-21(31)13-28-23(32)18(26)10-14(2)3)24(33)29-20(25(34)35)11-16-12-27-19-9-7-6-8-17(16)19/h6-9,12,14-15,18,20,22,27H,5,10-11,13,26H2,1-4H3,(H,28,32)(H,29,33)(H,30,31)(H,34,35). The molecule has 7 N–H and O–H groups in total. The van der Waals surface area contributed by atoms with Crippen LogP contribution in [0.15, 0.2) is 30.5 Å². The molecule has 0 radical (unpaired) electrons. The first-order valence-electron chi connectivity index (χ1n) is 11.9. The maximum atomic E-state index is 13.0. The van der Waals surface area contributed by atoms with Crippen molar-refractivity contribution in [3.8, 4) is 0 Å². The number of aromatic nitrogens is 1. The molecule has 10 nitrogen and oxygen atoms in total. The fourth-order valence-electron chi connectivity index (χ4n) is 3.82. The van der Waals surface area contributed by atoms with Gasteiger partial charge in [-0.1, -0.05) is 52.3 Å². The highest BCUT2D eigenvalue weighted by molar-refractivity contribution is 5.93. The fraction of sp³-hybridized carbons (Fsp3) is 0.520. The van der Waals surface area contributed by atoms with Crippen LogP contribution in [-0.4, -0.2) is 58.5 Å². The Hall–Kier alpha value is -3.40. The minimum absolute atomic E-state index is 0.0794. The third kappa shape index (κ3) is 8.10. The van der Waals surface area contributed by atoms with Crippen molar-refractivity contribution in [3.63, 3.8) is 0 Å². The summed E-state index contributed by atoms with van der Waals surface area (Å²) in [5, 5.41) is 18.3. The van der Waals surface area contributed by atoms with E-state index in [9.17, 15) is 24.3 Å². The van der Waals surface area contributed by atoms with Crippen molar-refractivity contribution in [3.05, 3.63) is 36.0 Å². The number of benzene rings is 1. The summed E-state index contributed by atoms with van der Waals surface area (Å²) in [5.74, 6) is -2.80. The van der Waals surface area contributed by atoms with Gasteiger partial charge >= 0.3 is 5.97 Å². The molecule has 2 rings (SSSR count). The molecule has 192 valence electrons. The summed E-state index contributed by atoms with van der Waals surface area (Å²) in [7, 11) is 0. The van der Waals surface area contributed by atoms with Crippen LogP contribution >= 0.6 is 0 Å². The molecule has 0 fully saturated rings. The highest BCUT2D eigenvalue weighted by Gasteiger charge is 2.30. The van der Waals surface area contributed by atoms with Crippen LogP contribution in [0.2, 0.25) is 0 Å². The first-order chi connectivity index (χ1) is 16.5.